The maximum Gasteiger partial charge on any atom is 0.471 e. The van der Waals surface area contributed by atoms with E-state index in [1.54, 1.807) is 11.4 Å². The average Bonchev–Trinajstić information content (AvgIpc) is 2.89. The number of amides is 1. The van der Waals surface area contributed by atoms with Crippen molar-refractivity contribution in [3.63, 3.8) is 0 Å². The van der Waals surface area contributed by atoms with Gasteiger partial charge in [0, 0.05) is 10.2 Å². The van der Waals surface area contributed by atoms with Crippen molar-refractivity contribution >= 4 is 38.6 Å². The molecule has 0 fully saturated rings. The Hall–Kier alpha value is -2.35. The van der Waals surface area contributed by atoms with Crippen LogP contribution in [-0.2, 0) is 4.79 Å². The largest absolute Gasteiger partial charge is 0.471 e. The van der Waals surface area contributed by atoms with E-state index in [1.807, 2.05) is 18.2 Å². The third-order valence-electron chi connectivity index (χ3n) is 3.01. The minimum Gasteiger partial charge on any atom is -0.436 e. The third kappa shape index (κ3) is 3.21. The molecule has 0 bridgehead atoms. The Morgan fingerprint density at radius 2 is 1.91 bits per heavy atom. The number of rotatable bonds is 2. The van der Waals surface area contributed by atoms with Gasteiger partial charge in [0.05, 0.1) is 5.56 Å². The van der Waals surface area contributed by atoms with E-state index >= 15 is 0 Å². The Labute approximate surface area is 136 Å². The summed E-state index contributed by atoms with van der Waals surface area (Å²) in [5.74, 6) is -1.71. The predicted octanol–water partition coefficient (Wildman–Crippen LogP) is 4.76. The fourth-order valence-electron chi connectivity index (χ4n) is 1.96. The number of alkyl halides is 3. The number of oxazole rings is 1. The molecule has 0 saturated carbocycles. The molecule has 0 saturated heterocycles. The lowest BCUT2D eigenvalue weighted by Gasteiger charge is -2.07. The van der Waals surface area contributed by atoms with E-state index in [-0.39, 0.29) is 5.69 Å². The van der Waals surface area contributed by atoms with Crippen LogP contribution in [0.5, 0.6) is 0 Å². The Morgan fingerprint density at radius 3 is 2.61 bits per heavy atom. The first kappa shape index (κ1) is 15.5. The van der Waals surface area contributed by atoms with Gasteiger partial charge in [0.2, 0.25) is 5.89 Å². The molecule has 1 amide bonds. The molecule has 1 heterocycles. The summed E-state index contributed by atoms with van der Waals surface area (Å²) in [7, 11) is 0. The standard InChI is InChI=1S/C15H8BrF3N2O2/c16-10-4-2-1-3-9(10)13-21-11-7-8(5-6-12(11)23-13)20-14(22)15(17,18)19/h1-7H,(H,20,22). The number of fused-ring (bicyclic) bond motifs is 1. The lowest BCUT2D eigenvalue weighted by atomic mass is 10.2. The first-order valence-electron chi connectivity index (χ1n) is 6.38. The van der Waals surface area contributed by atoms with Gasteiger partial charge < -0.3 is 9.73 Å². The van der Waals surface area contributed by atoms with Crippen molar-refractivity contribution in [3.05, 3.63) is 46.9 Å². The molecular weight excluding hydrogens is 377 g/mol. The average molecular weight is 385 g/mol. The lowest BCUT2D eigenvalue weighted by Crippen LogP contribution is -2.29. The van der Waals surface area contributed by atoms with E-state index in [0.29, 0.717) is 22.6 Å². The van der Waals surface area contributed by atoms with Gasteiger partial charge in [0.25, 0.3) is 0 Å². The summed E-state index contributed by atoms with van der Waals surface area (Å²) in [6, 6.07) is 11.4. The number of benzene rings is 2. The maximum absolute atomic E-state index is 12.3. The highest BCUT2D eigenvalue weighted by Gasteiger charge is 2.38. The van der Waals surface area contributed by atoms with Gasteiger partial charge in [-0.15, -0.1) is 0 Å². The Bertz CT molecular complexity index is 890. The highest BCUT2D eigenvalue weighted by Crippen LogP contribution is 2.31. The molecule has 0 atom stereocenters. The van der Waals surface area contributed by atoms with Crippen molar-refractivity contribution in [2.45, 2.75) is 6.18 Å². The molecule has 3 aromatic rings. The van der Waals surface area contributed by atoms with Gasteiger partial charge in [-0.05, 0) is 46.3 Å². The summed E-state index contributed by atoms with van der Waals surface area (Å²) >= 11 is 3.38. The molecule has 2 aromatic carbocycles. The van der Waals surface area contributed by atoms with Crippen molar-refractivity contribution < 1.29 is 22.4 Å². The fourth-order valence-corrected chi connectivity index (χ4v) is 2.41. The van der Waals surface area contributed by atoms with E-state index in [4.69, 9.17) is 4.42 Å². The van der Waals surface area contributed by atoms with Crippen LogP contribution in [0.15, 0.2) is 51.4 Å². The van der Waals surface area contributed by atoms with Crippen LogP contribution in [-0.4, -0.2) is 17.1 Å². The van der Waals surface area contributed by atoms with Gasteiger partial charge in [-0.25, -0.2) is 4.98 Å². The summed E-state index contributed by atoms with van der Waals surface area (Å²) in [6.07, 6.45) is -4.95. The molecule has 8 heteroatoms. The van der Waals surface area contributed by atoms with Gasteiger partial charge in [-0.2, -0.15) is 13.2 Å². The van der Waals surface area contributed by atoms with Crippen molar-refractivity contribution in [2.24, 2.45) is 0 Å². The van der Waals surface area contributed by atoms with Crippen LogP contribution in [0.3, 0.4) is 0 Å². The predicted molar refractivity (Wildman–Crippen MR) is 81.8 cm³/mol. The molecule has 0 spiro atoms. The van der Waals surface area contributed by atoms with Gasteiger partial charge in [-0.1, -0.05) is 12.1 Å². The zero-order valence-electron chi connectivity index (χ0n) is 11.3. The number of halogens is 4. The second-order valence-corrected chi connectivity index (χ2v) is 5.49. The Kier molecular flexibility index (Phi) is 3.85. The molecule has 118 valence electrons. The van der Waals surface area contributed by atoms with Crippen LogP contribution in [0, 0.1) is 0 Å². The zero-order valence-corrected chi connectivity index (χ0v) is 12.9. The number of carbonyl (C=O) groups is 1. The molecule has 1 aromatic heterocycles. The molecule has 4 nitrogen and oxygen atoms in total. The minimum atomic E-state index is -4.95. The van der Waals surface area contributed by atoms with E-state index in [1.165, 1.54) is 18.2 Å². The summed E-state index contributed by atoms with van der Waals surface area (Å²) in [5.41, 5.74) is 1.45. The van der Waals surface area contributed by atoms with Gasteiger partial charge >= 0.3 is 12.1 Å². The van der Waals surface area contributed by atoms with Gasteiger partial charge in [-0.3, -0.25) is 4.79 Å². The SMILES string of the molecule is O=C(Nc1ccc2oc(-c3ccccc3Br)nc2c1)C(F)(F)F. The maximum atomic E-state index is 12.3. The normalized spacial score (nSPS) is 11.7. The number of aromatic nitrogens is 1. The van der Waals surface area contributed by atoms with Crippen molar-refractivity contribution in [1.82, 2.24) is 4.98 Å². The highest BCUT2D eigenvalue weighted by molar-refractivity contribution is 9.10. The van der Waals surface area contributed by atoms with Crippen molar-refractivity contribution in [3.8, 4) is 11.5 Å². The van der Waals surface area contributed by atoms with Crippen LogP contribution < -0.4 is 5.32 Å². The van der Waals surface area contributed by atoms with Crippen LogP contribution >= 0.6 is 15.9 Å². The summed E-state index contributed by atoms with van der Waals surface area (Å²) in [4.78, 5) is 15.2. The molecule has 3 rings (SSSR count). The van der Waals surface area contributed by atoms with E-state index < -0.39 is 12.1 Å². The molecule has 0 aliphatic heterocycles. The molecule has 0 aliphatic rings. The van der Waals surface area contributed by atoms with Gasteiger partial charge in [0.1, 0.15) is 5.52 Å². The molecule has 1 N–H and O–H groups in total. The van der Waals surface area contributed by atoms with Crippen molar-refractivity contribution in [2.75, 3.05) is 5.32 Å². The summed E-state index contributed by atoms with van der Waals surface area (Å²) in [6.45, 7) is 0. The minimum absolute atomic E-state index is 0.00759. The molecule has 23 heavy (non-hydrogen) atoms. The number of hydrogen-bond acceptors (Lipinski definition) is 3. The Balaban J connectivity index is 1.96. The van der Waals surface area contributed by atoms with Crippen LogP contribution in [0.2, 0.25) is 0 Å². The number of hydrogen-bond donors (Lipinski definition) is 1. The molecule has 0 unspecified atom stereocenters. The highest BCUT2D eigenvalue weighted by atomic mass is 79.9. The topological polar surface area (TPSA) is 55.1 Å². The molecule has 0 radical (unpaired) electrons. The van der Waals surface area contributed by atoms with Crippen LogP contribution in [0.4, 0.5) is 18.9 Å². The van der Waals surface area contributed by atoms with E-state index in [9.17, 15) is 18.0 Å². The van der Waals surface area contributed by atoms with E-state index in [0.717, 1.165) is 4.47 Å². The monoisotopic (exact) mass is 384 g/mol. The second kappa shape index (κ2) is 5.69. The number of nitrogens with one attached hydrogen (secondary N) is 1. The number of carbonyl (C=O) groups excluding carboxylic acids is 1. The zero-order chi connectivity index (χ0) is 16.6. The smallest absolute Gasteiger partial charge is 0.436 e. The summed E-state index contributed by atoms with van der Waals surface area (Å²) in [5, 5.41) is 1.78. The van der Waals surface area contributed by atoms with E-state index in [2.05, 4.69) is 20.9 Å². The lowest BCUT2D eigenvalue weighted by molar-refractivity contribution is -0.167. The van der Waals surface area contributed by atoms with Crippen molar-refractivity contribution in [1.29, 1.82) is 0 Å². The summed E-state index contributed by atoms with van der Waals surface area (Å²) < 4.78 is 43.2. The number of anilines is 1. The van der Waals surface area contributed by atoms with Crippen LogP contribution in [0.1, 0.15) is 0 Å². The Morgan fingerprint density at radius 1 is 1.17 bits per heavy atom. The third-order valence-corrected chi connectivity index (χ3v) is 3.70. The quantitative estimate of drug-likeness (QED) is 0.692. The molecular formula is C15H8BrF3N2O2. The molecule has 0 aliphatic carbocycles. The fraction of sp³-hybridized carbons (Fsp3) is 0.0667. The first-order valence-corrected chi connectivity index (χ1v) is 7.17. The second-order valence-electron chi connectivity index (χ2n) is 4.63. The number of nitrogens with zero attached hydrogens (tertiary/aromatic N) is 1. The first-order chi connectivity index (χ1) is 10.8. The van der Waals surface area contributed by atoms with Crippen LogP contribution in [0.25, 0.3) is 22.6 Å². The van der Waals surface area contributed by atoms with Gasteiger partial charge in [0.15, 0.2) is 5.58 Å².